The molecule has 0 amide bonds. The molecule has 0 fully saturated rings. The first-order valence-corrected chi connectivity index (χ1v) is 7.58. The Kier molecular flexibility index (Phi) is 2.23. The summed E-state index contributed by atoms with van der Waals surface area (Å²) >= 11 is 0. The zero-order valence-electron chi connectivity index (χ0n) is 12.1. The van der Waals surface area contributed by atoms with E-state index in [-0.39, 0.29) is 29.3 Å². The number of nitrogens with zero attached hydrogens (tertiary/aromatic N) is 2. The van der Waals surface area contributed by atoms with Crippen molar-refractivity contribution in [3.63, 3.8) is 0 Å². The highest BCUT2D eigenvalue weighted by atomic mass is 16.3. The van der Waals surface area contributed by atoms with E-state index in [1.165, 1.54) is 10.6 Å². The molecule has 0 saturated carbocycles. The molecule has 2 aliphatic rings. The number of rotatable bonds is 1. The molecule has 2 aliphatic carbocycles. The van der Waals surface area contributed by atoms with Crippen LogP contribution in [-0.4, -0.2) is 24.9 Å². The summed E-state index contributed by atoms with van der Waals surface area (Å²) in [4.78, 5) is 4.19. The Bertz CT molecular complexity index is 968. The molecule has 0 spiro atoms. The first-order chi connectivity index (χ1) is 11.2. The van der Waals surface area contributed by atoms with Gasteiger partial charge in [-0.15, -0.1) is 0 Å². The quantitative estimate of drug-likeness (QED) is 0.603. The van der Waals surface area contributed by atoms with Gasteiger partial charge in [0.1, 0.15) is 11.3 Å². The van der Waals surface area contributed by atoms with Crippen LogP contribution in [0, 0.1) is 0 Å². The van der Waals surface area contributed by atoms with Gasteiger partial charge in [0.2, 0.25) is 11.8 Å². The molecule has 3 aromatic rings. The van der Waals surface area contributed by atoms with Crippen molar-refractivity contribution in [2.24, 2.45) is 0 Å². The minimum absolute atomic E-state index is 0.0739. The van der Waals surface area contributed by atoms with E-state index in [0.717, 1.165) is 17.5 Å². The fourth-order valence-electron chi connectivity index (χ4n) is 4.01. The molecule has 2 unspecified atom stereocenters. The molecule has 2 heterocycles. The third-order valence-corrected chi connectivity index (χ3v) is 4.99. The molecule has 114 valence electrons. The van der Waals surface area contributed by atoms with Crippen LogP contribution in [0.3, 0.4) is 0 Å². The molecule has 2 aromatic heterocycles. The number of hydrogen-bond acceptors (Lipinski definition) is 4. The lowest BCUT2D eigenvalue weighted by molar-refractivity contribution is 0.396. The van der Waals surface area contributed by atoms with Crippen LogP contribution in [0.5, 0.6) is 17.5 Å². The molecule has 0 aliphatic heterocycles. The number of fused-ring (bicyclic) bond motifs is 6. The molecule has 2 bridgehead atoms. The number of benzene rings is 1. The predicted octanol–water partition coefficient (Wildman–Crippen LogP) is 3.28. The summed E-state index contributed by atoms with van der Waals surface area (Å²) in [5.41, 5.74) is 2.69. The molecule has 0 radical (unpaired) electrons. The normalized spacial score (nSPS) is 21.2. The molecule has 23 heavy (non-hydrogen) atoms. The maximum Gasteiger partial charge on any atom is 0.202 e. The third kappa shape index (κ3) is 1.44. The lowest BCUT2D eigenvalue weighted by atomic mass is 10.0. The van der Waals surface area contributed by atoms with Crippen LogP contribution in [0.1, 0.15) is 29.4 Å². The van der Waals surface area contributed by atoms with Gasteiger partial charge in [0, 0.05) is 34.5 Å². The Morgan fingerprint density at radius 1 is 0.957 bits per heavy atom. The molecule has 3 N–H and O–H groups in total. The van der Waals surface area contributed by atoms with Gasteiger partial charge < -0.3 is 15.3 Å². The van der Waals surface area contributed by atoms with Gasteiger partial charge in [-0.1, -0.05) is 12.2 Å². The highest BCUT2D eigenvalue weighted by Gasteiger charge is 2.41. The van der Waals surface area contributed by atoms with Crippen molar-refractivity contribution < 1.29 is 15.3 Å². The standard InChI is InChI=1S/C18H14N2O3/c21-13-6-5-12(11-2-1-7-19-16(11)13)20-17(22)14-9-3-4-10(8-9)15(14)18(20)23/h1-7,9-10,21-23H,8H2. The van der Waals surface area contributed by atoms with E-state index in [1.807, 2.05) is 6.07 Å². The Balaban J connectivity index is 1.84. The second-order valence-corrected chi connectivity index (χ2v) is 6.15. The first-order valence-electron chi connectivity index (χ1n) is 7.58. The van der Waals surface area contributed by atoms with Gasteiger partial charge in [-0.3, -0.25) is 9.55 Å². The van der Waals surface area contributed by atoms with Gasteiger partial charge in [0.15, 0.2) is 0 Å². The average molecular weight is 306 g/mol. The van der Waals surface area contributed by atoms with Crippen molar-refractivity contribution in [2.75, 3.05) is 0 Å². The third-order valence-electron chi connectivity index (χ3n) is 4.99. The summed E-state index contributed by atoms with van der Waals surface area (Å²) in [7, 11) is 0. The van der Waals surface area contributed by atoms with E-state index < -0.39 is 0 Å². The first kappa shape index (κ1) is 12.6. The lowest BCUT2D eigenvalue weighted by Crippen LogP contribution is -1.97. The van der Waals surface area contributed by atoms with Crippen LogP contribution in [0.4, 0.5) is 0 Å². The molecular formula is C18H14N2O3. The van der Waals surface area contributed by atoms with E-state index in [1.54, 1.807) is 18.3 Å². The molecule has 1 aromatic carbocycles. The summed E-state index contributed by atoms with van der Waals surface area (Å²) < 4.78 is 1.46. The fourth-order valence-corrected chi connectivity index (χ4v) is 4.01. The van der Waals surface area contributed by atoms with Crippen molar-refractivity contribution in [1.82, 2.24) is 9.55 Å². The number of phenols is 1. The minimum atomic E-state index is 0.0739. The molecular weight excluding hydrogens is 292 g/mol. The van der Waals surface area contributed by atoms with Gasteiger partial charge in [-0.25, -0.2) is 0 Å². The second kappa shape index (κ2) is 4.07. The van der Waals surface area contributed by atoms with Crippen molar-refractivity contribution in [3.05, 3.63) is 53.7 Å². The molecule has 5 rings (SSSR count). The number of pyridine rings is 1. The SMILES string of the molecule is Oc1ccc(-n2c(O)c3c(c2O)C2C=CC3C2)c2cccnc12. The number of aromatic hydroxyl groups is 3. The highest BCUT2D eigenvalue weighted by Crippen LogP contribution is 2.57. The number of hydrogen-bond donors (Lipinski definition) is 3. The van der Waals surface area contributed by atoms with Gasteiger partial charge in [-0.05, 0) is 30.7 Å². The van der Waals surface area contributed by atoms with E-state index >= 15 is 0 Å². The molecule has 5 heteroatoms. The van der Waals surface area contributed by atoms with Crippen molar-refractivity contribution in [2.45, 2.75) is 18.3 Å². The zero-order valence-corrected chi connectivity index (χ0v) is 12.1. The maximum absolute atomic E-state index is 10.7. The highest BCUT2D eigenvalue weighted by molar-refractivity contribution is 5.92. The van der Waals surface area contributed by atoms with Crippen LogP contribution in [-0.2, 0) is 0 Å². The van der Waals surface area contributed by atoms with Gasteiger partial charge in [0.25, 0.3) is 0 Å². The summed E-state index contributed by atoms with van der Waals surface area (Å²) in [5, 5.41) is 32.1. The maximum atomic E-state index is 10.7. The molecule has 5 nitrogen and oxygen atoms in total. The lowest BCUT2D eigenvalue weighted by Gasteiger charge is -2.13. The Labute approximate surface area is 131 Å². The number of allylic oxidation sites excluding steroid dienone is 2. The predicted molar refractivity (Wildman–Crippen MR) is 85.3 cm³/mol. The summed E-state index contributed by atoms with van der Waals surface area (Å²) in [6.45, 7) is 0. The van der Waals surface area contributed by atoms with Crippen LogP contribution < -0.4 is 0 Å². The van der Waals surface area contributed by atoms with Crippen molar-refractivity contribution in [1.29, 1.82) is 0 Å². The van der Waals surface area contributed by atoms with Crippen LogP contribution in [0.25, 0.3) is 16.6 Å². The van der Waals surface area contributed by atoms with E-state index in [4.69, 9.17) is 0 Å². The average Bonchev–Trinajstić information content (AvgIpc) is 3.24. The Hall–Kier alpha value is -2.95. The molecule has 0 saturated heterocycles. The van der Waals surface area contributed by atoms with E-state index in [2.05, 4.69) is 17.1 Å². The topological polar surface area (TPSA) is 78.5 Å². The second-order valence-electron chi connectivity index (χ2n) is 6.15. The minimum Gasteiger partial charge on any atom is -0.506 e. The van der Waals surface area contributed by atoms with Crippen molar-refractivity contribution in [3.8, 4) is 23.2 Å². The monoisotopic (exact) mass is 306 g/mol. The van der Waals surface area contributed by atoms with Gasteiger partial charge >= 0.3 is 0 Å². The largest absolute Gasteiger partial charge is 0.506 e. The zero-order chi connectivity index (χ0) is 15.7. The van der Waals surface area contributed by atoms with Crippen LogP contribution >= 0.6 is 0 Å². The van der Waals surface area contributed by atoms with Crippen LogP contribution in [0.15, 0.2) is 42.6 Å². The summed E-state index contributed by atoms with van der Waals surface area (Å²) in [5.74, 6) is 0.562. The number of phenolic OH excluding ortho intramolecular Hbond substituents is 1. The van der Waals surface area contributed by atoms with E-state index in [9.17, 15) is 15.3 Å². The van der Waals surface area contributed by atoms with Crippen LogP contribution in [0.2, 0.25) is 0 Å². The number of aromatic nitrogens is 2. The Morgan fingerprint density at radius 3 is 2.35 bits per heavy atom. The van der Waals surface area contributed by atoms with E-state index in [0.29, 0.717) is 16.6 Å². The van der Waals surface area contributed by atoms with Gasteiger partial charge in [0.05, 0.1) is 5.69 Å². The Morgan fingerprint density at radius 2 is 1.65 bits per heavy atom. The smallest absolute Gasteiger partial charge is 0.202 e. The molecule has 2 atom stereocenters. The summed E-state index contributed by atoms with van der Waals surface area (Å²) in [6.07, 6.45) is 6.70. The summed E-state index contributed by atoms with van der Waals surface area (Å²) in [6, 6.07) is 6.79. The van der Waals surface area contributed by atoms with Gasteiger partial charge in [-0.2, -0.15) is 0 Å². The fraction of sp³-hybridized carbons (Fsp3) is 0.167. The van der Waals surface area contributed by atoms with Crippen molar-refractivity contribution >= 4 is 10.9 Å².